The molecule has 13 N–H and O–H groups in total. The first-order valence-electron chi connectivity index (χ1n) is 30.8. The molecule has 31 heteroatoms. The summed E-state index contributed by atoms with van der Waals surface area (Å²) in [5, 5.41) is 30.2. The van der Waals surface area contributed by atoms with Crippen molar-refractivity contribution in [2.45, 2.75) is 59.7 Å². The van der Waals surface area contributed by atoms with Crippen molar-refractivity contribution in [3.8, 4) is 6.07 Å². The van der Waals surface area contributed by atoms with Gasteiger partial charge in [0.15, 0.2) is 0 Å². The molecule has 0 fully saturated rings. The molecule has 0 saturated heterocycles. The number of rotatable bonds is 18. The molecule has 0 spiro atoms. The van der Waals surface area contributed by atoms with Crippen molar-refractivity contribution in [3.05, 3.63) is 281 Å². The van der Waals surface area contributed by atoms with Gasteiger partial charge in [0.25, 0.3) is 36.0 Å². The summed E-state index contributed by atoms with van der Waals surface area (Å²) < 4.78 is 0. The third-order valence-electron chi connectivity index (χ3n) is 15.5. The molecule has 0 aliphatic carbocycles. The number of primary amides is 2. The molecular formula is C73H63Cl3K2N18O8. The molecule has 3 aromatic carbocycles. The van der Waals surface area contributed by atoms with Crippen LogP contribution in [0.25, 0.3) is 32.7 Å². The average molecular weight is 1500 g/mol. The van der Waals surface area contributed by atoms with Gasteiger partial charge in [-0.2, -0.15) is 5.26 Å². The molecule has 0 unspecified atom stereocenters. The molecule has 12 aromatic rings. The van der Waals surface area contributed by atoms with Crippen LogP contribution in [0, 0.1) is 32.1 Å². The molecule has 104 heavy (non-hydrogen) atoms. The largest absolute Gasteiger partial charge is 1.00 e. The first-order chi connectivity index (χ1) is 48.9. The Morgan fingerprint density at radius 3 is 1.09 bits per heavy atom. The van der Waals surface area contributed by atoms with Crippen molar-refractivity contribution in [1.29, 1.82) is 5.26 Å². The summed E-state index contributed by atoms with van der Waals surface area (Å²) in [4.78, 5) is 112. The smallest absolute Gasteiger partial charge is 1.00 e. The third kappa shape index (κ3) is 22.8. The van der Waals surface area contributed by atoms with Crippen molar-refractivity contribution in [2.75, 3.05) is 17.2 Å². The van der Waals surface area contributed by atoms with Crippen LogP contribution in [0.3, 0.4) is 0 Å². The zero-order valence-corrected chi connectivity index (χ0v) is 65.2. The molecule has 0 radical (unpaired) electrons. The van der Waals surface area contributed by atoms with Crippen molar-refractivity contribution >= 4 is 121 Å². The Hall–Kier alpha value is -9.40. The van der Waals surface area contributed by atoms with Gasteiger partial charge in [0, 0.05) is 143 Å². The molecule has 12 rings (SSSR count). The second-order valence-corrected chi connectivity index (χ2v) is 24.1. The number of hydrogen-bond acceptors (Lipinski definition) is 21. The van der Waals surface area contributed by atoms with Crippen LogP contribution in [0.5, 0.6) is 0 Å². The van der Waals surface area contributed by atoms with E-state index in [4.69, 9.17) is 73.5 Å². The zero-order chi connectivity index (χ0) is 73.1. The predicted molar refractivity (Wildman–Crippen MR) is 385 cm³/mol. The Balaban J connectivity index is 0.000000237. The molecule has 516 valence electrons. The number of halogens is 3. The van der Waals surface area contributed by atoms with Crippen LogP contribution in [-0.4, -0.2) is 80.9 Å². The Labute approximate surface area is 697 Å². The molecule has 26 nitrogen and oxygen atoms in total. The van der Waals surface area contributed by atoms with E-state index in [2.05, 4.69) is 71.8 Å². The first kappa shape index (κ1) is 81.9. The molecule has 9 aromatic heterocycles. The summed E-state index contributed by atoms with van der Waals surface area (Å²) in [5.74, 6) is -0.514. The average Bonchev–Trinajstić information content (AvgIpc) is 0.797. The fourth-order valence-corrected chi connectivity index (χ4v) is 11.1. The van der Waals surface area contributed by atoms with Gasteiger partial charge < -0.3 is 56.2 Å². The van der Waals surface area contributed by atoms with E-state index in [1.807, 2.05) is 57.2 Å². The quantitative estimate of drug-likeness (QED) is 0.0265. The number of nitrogens with zero attached hydrogens (tertiary/aromatic N) is 10. The summed E-state index contributed by atoms with van der Waals surface area (Å²) in [7, 11) is 0. The predicted octanol–water partition coefficient (Wildman–Crippen LogP) is 2.89. The van der Waals surface area contributed by atoms with Gasteiger partial charge >= 0.3 is 103 Å². The molecule has 5 amide bonds. The molecule has 0 aliphatic heterocycles. The number of nitrogen functional groups attached to an aromatic ring is 3. The molecule has 9 heterocycles. The van der Waals surface area contributed by atoms with Crippen LogP contribution in [0.2, 0.25) is 15.1 Å². The summed E-state index contributed by atoms with van der Waals surface area (Å²) in [5.41, 5.74) is 41.7. The fourth-order valence-electron chi connectivity index (χ4n) is 10.6. The number of nitrogens with one attached hydrogen (secondary N) is 3. The standard InChI is InChI=1S/2C24H21ClN6O2.C24H19ClN6O.CH2O3.2K.H/c2*1-13-16(2-3-21(26)31-13)11-30-24(33)15-4-5-28-19(10-15)7-14-6-17-9-18(25)12-29-22(17)20(8-14)23(27)32;1-14-17(2-3-22(27)31-14)12-30-24(32)16-4-5-28-21(10-16)8-15-6-18-9-20(25)13-29-23(18)19(7-15)11-26;2-1-4-3;;;/h2*2-6,8-10,12H,7,11H2,1H3,(H2,26,31)(H2,27,32)(H,30,33);2-7,9-10,13H,8,12H2,1H3,(H2,27,31)(H,30,32);1,3H;;;/q;;;;2*+1;-1/p-1. The number of nitriles is 1. The summed E-state index contributed by atoms with van der Waals surface area (Å²) in [6, 6.07) is 39.0. The molecule has 0 atom stereocenters. The first-order valence-corrected chi connectivity index (χ1v) is 31.9. The van der Waals surface area contributed by atoms with Crippen LogP contribution in [-0.2, 0) is 48.6 Å². The molecule has 0 aliphatic rings. The van der Waals surface area contributed by atoms with Gasteiger partial charge in [-0.25, -0.2) is 15.0 Å². The SMILES string of the molecule is Cc1nc(N)ccc1CNC(=O)c1ccnc(Cc2cc(C#N)c3ncc(Cl)cc3c2)c1.Cc1nc(N)ccc1CNC(=O)c1ccnc(Cc2cc(C(N)=O)c3ncc(Cl)cc3c2)c1.Cc1nc(N)ccc1CNC(=O)c1ccnc(Cc2cc(C(N)=O)c3ncc(Cl)cc3c2)c1.O=CO[O-].[H-].[K+].[K+]. The van der Waals surface area contributed by atoms with Crippen molar-refractivity contribution in [1.82, 2.24) is 60.8 Å². The van der Waals surface area contributed by atoms with E-state index in [0.717, 1.165) is 55.8 Å². The maximum absolute atomic E-state index is 12.7. The van der Waals surface area contributed by atoms with Gasteiger partial charge in [-0.15, -0.1) is 0 Å². The van der Waals surface area contributed by atoms with Gasteiger partial charge in [0.2, 0.25) is 0 Å². The summed E-state index contributed by atoms with van der Waals surface area (Å²) in [6.07, 6.45) is 10.5. The number of amides is 5. The van der Waals surface area contributed by atoms with Gasteiger partial charge in [0.05, 0.1) is 48.3 Å². The normalized spacial score (nSPS) is 10.4. The Bertz CT molecular complexity index is 5070. The van der Waals surface area contributed by atoms with Crippen LogP contribution in [0.1, 0.15) is 126 Å². The summed E-state index contributed by atoms with van der Waals surface area (Å²) in [6.45, 7) is 6.36. The second kappa shape index (κ2) is 38.9. The number of benzene rings is 3. The third-order valence-corrected chi connectivity index (χ3v) is 16.1. The Morgan fingerprint density at radius 2 is 0.788 bits per heavy atom. The maximum Gasteiger partial charge on any atom is 1.00 e. The van der Waals surface area contributed by atoms with Crippen LogP contribution in [0.15, 0.2) is 165 Å². The number of aryl methyl sites for hydroxylation is 3. The number of hydrogen-bond donors (Lipinski definition) is 8. The summed E-state index contributed by atoms with van der Waals surface area (Å²) >= 11 is 18.2. The maximum atomic E-state index is 12.7. The van der Waals surface area contributed by atoms with Crippen molar-refractivity contribution in [2.24, 2.45) is 11.5 Å². The van der Waals surface area contributed by atoms with Crippen LogP contribution < -0.4 is 153 Å². The number of carbonyl (C=O) groups excluding carboxylic acids is 6. The van der Waals surface area contributed by atoms with Gasteiger partial charge in [-0.05, 0) is 163 Å². The number of fused-ring (bicyclic) bond motifs is 3. The monoisotopic (exact) mass is 1500 g/mol. The number of pyridine rings is 9. The molecule has 0 bridgehead atoms. The molecule has 0 saturated carbocycles. The van der Waals surface area contributed by atoms with Crippen LogP contribution >= 0.6 is 34.8 Å². The van der Waals surface area contributed by atoms with E-state index in [1.165, 1.54) is 18.6 Å². The zero-order valence-electron chi connectivity index (χ0n) is 57.7. The minimum Gasteiger partial charge on any atom is -1.00 e. The fraction of sp³-hybridized carbons (Fsp3) is 0.123. The van der Waals surface area contributed by atoms with Gasteiger partial charge in [-0.1, -0.05) is 53.0 Å². The number of aromatic nitrogens is 9. The topological polar surface area (TPSA) is 441 Å². The van der Waals surface area contributed by atoms with Gasteiger partial charge in [0.1, 0.15) is 23.5 Å². The second-order valence-electron chi connectivity index (χ2n) is 22.8. The van der Waals surface area contributed by atoms with Crippen molar-refractivity contribution in [3.63, 3.8) is 0 Å². The van der Waals surface area contributed by atoms with E-state index in [9.17, 15) is 29.2 Å². The van der Waals surface area contributed by atoms with E-state index in [0.29, 0.717) is 149 Å². The van der Waals surface area contributed by atoms with Gasteiger partial charge in [-0.3, -0.25) is 58.7 Å². The molecular weight excluding hydrogens is 1440 g/mol. The van der Waals surface area contributed by atoms with Crippen molar-refractivity contribution < 1.29 is 143 Å². The minimum atomic E-state index is -0.579. The number of nitrogens with two attached hydrogens (primary N) is 5. The van der Waals surface area contributed by atoms with E-state index in [1.54, 1.807) is 110 Å². The Morgan fingerprint density at radius 1 is 0.481 bits per heavy atom. The number of carbonyl (C=O) groups is 6. The van der Waals surface area contributed by atoms with E-state index >= 15 is 0 Å². The van der Waals surface area contributed by atoms with E-state index < -0.39 is 11.8 Å². The number of anilines is 3. The van der Waals surface area contributed by atoms with E-state index in [-0.39, 0.29) is 128 Å². The van der Waals surface area contributed by atoms with Crippen LogP contribution in [0.4, 0.5) is 17.5 Å². The minimum absolute atomic E-state index is 0. The Kier molecular flexibility index (Phi) is 30.7.